The molecule has 0 fully saturated rings. The Morgan fingerprint density at radius 2 is 1.74 bits per heavy atom. The summed E-state index contributed by atoms with van der Waals surface area (Å²) < 4.78 is 0. The molecule has 0 aliphatic heterocycles. The number of aliphatic hydroxyl groups excluding tert-OH is 1. The summed E-state index contributed by atoms with van der Waals surface area (Å²) in [4.78, 5) is 41.7. The number of nitrogens with zero attached hydrogens (tertiary/aromatic N) is 2. The first-order valence-electron chi connectivity index (χ1n) is 11.8. The van der Waals surface area contributed by atoms with Crippen LogP contribution in [-0.2, 0) is 9.59 Å². The number of benzene rings is 1. The molecule has 35 heavy (non-hydrogen) atoms. The van der Waals surface area contributed by atoms with Gasteiger partial charge in [-0.25, -0.2) is 0 Å². The van der Waals surface area contributed by atoms with Gasteiger partial charge in [0.2, 0.25) is 5.78 Å². The van der Waals surface area contributed by atoms with Gasteiger partial charge in [0.15, 0.2) is 17.7 Å². The number of carbonyl (C=O) groups excluding carboxylic acids is 3. The van der Waals surface area contributed by atoms with Gasteiger partial charge in [0, 0.05) is 22.6 Å². The van der Waals surface area contributed by atoms with Crippen LogP contribution in [0.15, 0.2) is 34.4 Å². The lowest BCUT2D eigenvalue weighted by Crippen LogP contribution is -2.75. The van der Waals surface area contributed by atoms with E-state index in [9.17, 15) is 29.9 Å². The normalized spacial score (nSPS) is 36.6. The lowest BCUT2D eigenvalue weighted by Gasteiger charge is -2.65. The van der Waals surface area contributed by atoms with E-state index in [-0.39, 0.29) is 27.8 Å². The lowest BCUT2D eigenvalue weighted by atomic mass is 9.42. The molecular formula is C28H32N2O5. The molecule has 3 aliphatic rings. The topological polar surface area (TPSA) is 119 Å². The molecule has 0 heterocycles. The molecule has 0 bridgehead atoms. The van der Waals surface area contributed by atoms with Gasteiger partial charge >= 0.3 is 0 Å². The maximum absolute atomic E-state index is 14.1. The smallest absolute Gasteiger partial charge is 0.202 e. The van der Waals surface area contributed by atoms with Crippen molar-refractivity contribution >= 4 is 17.9 Å². The van der Waals surface area contributed by atoms with Gasteiger partial charge in [-0.05, 0) is 63.1 Å². The molecule has 3 aliphatic carbocycles. The summed E-state index contributed by atoms with van der Waals surface area (Å²) in [7, 11) is 3.54. The van der Waals surface area contributed by atoms with Gasteiger partial charge in [0.05, 0.1) is 22.7 Å². The minimum Gasteiger partial charge on any atom is -0.391 e. The number of carbonyl (C=O) groups is 3. The van der Waals surface area contributed by atoms with Crippen molar-refractivity contribution in [3.63, 3.8) is 0 Å². The van der Waals surface area contributed by atoms with Crippen LogP contribution in [0.5, 0.6) is 0 Å². The van der Waals surface area contributed by atoms with E-state index in [1.165, 1.54) is 0 Å². The van der Waals surface area contributed by atoms with Crippen LogP contribution < -0.4 is 0 Å². The van der Waals surface area contributed by atoms with Crippen LogP contribution in [0.1, 0.15) is 67.6 Å². The summed E-state index contributed by atoms with van der Waals surface area (Å²) >= 11 is 0. The molecule has 1 aromatic carbocycles. The van der Waals surface area contributed by atoms with Crippen LogP contribution >= 0.6 is 0 Å². The molecule has 0 aromatic heterocycles. The van der Waals surface area contributed by atoms with Gasteiger partial charge in [-0.15, -0.1) is 0 Å². The highest BCUT2D eigenvalue weighted by molar-refractivity contribution is 6.21. The Hall–Kier alpha value is -2.92. The Kier molecular flexibility index (Phi) is 5.42. The predicted molar refractivity (Wildman–Crippen MR) is 130 cm³/mol. The number of aliphatic hydroxyl groups is 2. The van der Waals surface area contributed by atoms with Gasteiger partial charge in [0.25, 0.3) is 0 Å². The first-order chi connectivity index (χ1) is 16.2. The zero-order valence-electron chi connectivity index (χ0n) is 21.5. The molecule has 184 valence electrons. The molecule has 0 spiro atoms. The standard InChI is InChI=1S/C28H32N2O5/c1-13-9-10-17-15(3)26(5)21(22(32)20(17)18(13)11-29)16(4)28(35)24(33)19(12-31)14(2)23(30(7)8)27(28,6)25(26)34/h9-10,12,15,23,25,34-35H,1-8H3/t15-,23+,25-,26+,27+,28-/m0/s1. The van der Waals surface area contributed by atoms with Crippen LogP contribution in [0.4, 0.5) is 0 Å². The molecule has 7 nitrogen and oxygen atoms in total. The van der Waals surface area contributed by atoms with Crippen molar-refractivity contribution in [3.8, 4) is 6.07 Å². The van der Waals surface area contributed by atoms with Crippen LogP contribution in [0, 0.1) is 29.1 Å². The highest BCUT2D eigenvalue weighted by Gasteiger charge is 2.73. The number of aldehydes is 1. The van der Waals surface area contributed by atoms with Crippen molar-refractivity contribution in [3.05, 3.63) is 56.7 Å². The molecule has 4 rings (SSSR count). The fourth-order valence-electron chi connectivity index (χ4n) is 7.54. The van der Waals surface area contributed by atoms with Crippen LogP contribution in [0.2, 0.25) is 0 Å². The molecule has 0 unspecified atom stereocenters. The van der Waals surface area contributed by atoms with E-state index in [0.29, 0.717) is 23.0 Å². The quantitative estimate of drug-likeness (QED) is 0.497. The first-order valence-corrected chi connectivity index (χ1v) is 11.8. The average Bonchev–Trinajstić information content (AvgIpc) is 2.79. The second-order valence-electron chi connectivity index (χ2n) is 11.0. The van der Waals surface area contributed by atoms with Crippen molar-refractivity contribution < 1.29 is 24.6 Å². The summed E-state index contributed by atoms with van der Waals surface area (Å²) in [5.74, 6) is -1.69. The fraction of sp³-hybridized carbons (Fsp3) is 0.500. The van der Waals surface area contributed by atoms with Gasteiger partial charge in [-0.3, -0.25) is 14.4 Å². The summed E-state index contributed by atoms with van der Waals surface area (Å²) in [6.45, 7) is 10.3. The molecule has 0 saturated heterocycles. The van der Waals surface area contributed by atoms with Crippen LogP contribution in [-0.4, -0.2) is 64.8 Å². The monoisotopic (exact) mass is 476 g/mol. The number of likely N-dealkylation sites (N-methyl/N-ethyl adjacent to an activating group) is 1. The maximum Gasteiger partial charge on any atom is 0.202 e. The SMILES string of the molecule is CC1=C(C=O)C(=O)[C@@]2(O)C(C)=C3C(=O)c4c(ccc(C)c4C#N)[C@H](C)[C@@]3(C)[C@H](O)[C@@]2(C)[C@@H]1N(C)C. The summed E-state index contributed by atoms with van der Waals surface area (Å²) in [6.07, 6.45) is -0.890. The Balaban J connectivity index is 2.19. The minimum absolute atomic E-state index is 0.129. The number of rotatable bonds is 2. The van der Waals surface area contributed by atoms with Crippen molar-refractivity contribution in [2.75, 3.05) is 14.1 Å². The molecule has 1 aromatic rings. The third kappa shape index (κ3) is 2.57. The Bertz CT molecular complexity index is 1320. The Morgan fingerprint density at radius 3 is 2.26 bits per heavy atom. The molecule has 7 heteroatoms. The van der Waals surface area contributed by atoms with E-state index in [0.717, 1.165) is 0 Å². The Morgan fingerprint density at radius 1 is 1.14 bits per heavy atom. The first kappa shape index (κ1) is 25.2. The van der Waals surface area contributed by atoms with Crippen LogP contribution in [0.25, 0.3) is 0 Å². The number of Topliss-reactive ketones (excluding diaryl/α,β-unsaturated/α-hetero) is 2. The van der Waals surface area contributed by atoms with Gasteiger partial charge in [0.1, 0.15) is 6.07 Å². The second-order valence-corrected chi connectivity index (χ2v) is 11.0. The summed E-state index contributed by atoms with van der Waals surface area (Å²) in [5, 5.41) is 34.3. The van der Waals surface area contributed by atoms with Gasteiger partial charge in [-0.2, -0.15) is 5.26 Å². The fourth-order valence-corrected chi connectivity index (χ4v) is 7.54. The van der Waals surface area contributed by atoms with Crippen molar-refractivity contribution in [2.24, 2.45) is 10.8 Å². The molecule has 6 atom stereocenters. The molecule has 2 N–H and O–H groups in total. The van der Waals surface area contributed by atoms with E-state index in [4.69, 9.17) is 0 Å². The number of ketones is 2. The molecular weight excluding hydrogens is 444 g/mol. The van der Waals surface area contributed by atoms with Crippen molar-refractivity contribution in [1.29, 1.82) is 5.26 Å². The third-order valence-electron chi connectivity index (χ3n) is 9.36. The van der Waals surface area contributed by atoms with E-state index >= 15 is 0 Å². The number of nitriles is 1. The van der Waals surface area contributed by atoms with Crippen LogP contribution in [0.3, 0.4) is 0 Å². The van der Waals surface area contributed by atoms with E-state index in [1.54, 1.807) is 59.7 Å². The number of aryl methyl sites for hydroxylation is 1. The van der Waals surface area contributed by atoms with E-state index in [1.807, 2.05) is 13.0 Å². The summed E-state index contributed by atoms with van der Waals surface area (Å²) in [6, 6.07) is 5.10. The summed E-state index contributed by atoms with van der Waals surface area (Å²) in [5.41, 5.74) is -2.52. The highest BCUT2D eigenvalue weighted by Crippen LogP contribution is 2.65. The minimum atomic E-state index is -2.30. The largest absolute Gasteiger partial charge is 0.391 e. The Labute approximate surface area is 205 Å². The van der Waals surface area contributed by atoms with Crippen molar-refractivity contribution in [1.82, 2.24) is 4.90 Å². The second kappa shape index (κ2) is 7.54. The van der Waals surface area contributed by atoms with E-state index < -0.39 is 46.1 Å². The number of hydrogen-bond acceptors (Lipinski definition) is 7. The average molecular weight is 477 g/mol. The number of hydrogen-bond donors (Lipinski definition) is 2. The molecule has 0 amide bonds. The van der Waals surface area contributed by atoms with Gasteiger partial charge in [-0.1, -0.05) is 32.9 Å². The highest BCUT2D eigenvalue weighted by atomic mass is 16.3. The zero-order valence-corrected chi connectivity index (χ0v) is 21.5. The maximum atomic E-state index is 14.1. The lowest BCUT2D eigenvalue weighted by molar-refractivity contribution is -0.193. The zero-order chi connectivity index (χ0) is 26.4. The predicted octanol–water partition coefficient (Wildman–Crippen LogP) is 2.63. The number of fused-ring (bicyclic) bond motifs is 3. The van der Waals surface area contributed by atoms with E-state index in [2.05, 4.69) is 6.07 Å². The molecule has 0 saturated carbocycles. The third-order valence-corrected chi connectivity index (χ3v) is 9.36. The molecule has 0 radical (unpaired) electrons. The van der Waals surface area contributed by atoms with Gasteiger partial charge < -0.3 is 15.1 Å². The van der Waals surface area contributed by atoms with Crippen molar-refractivity contribution in [2.45, 2.75) is 65.2 Å².